The van der Waals surface area contributed by atoms with Gasteiger partial charge >= 0.3 is 0 Å². The highest BCUT2D eigenvalue weighted by Gasteiger charge is 2.20. The molecule has 192 valence electrons. The van der Waals surface area contributed by atoms with Crippen molar-refractivity contribution in [2.45, 2.75) is 0 Å². The molecule has 4 heteroatoms. The Kier molecular flexibility index (Phi) is 5.64. The highest BCUT2D eigenvalue weighted by Crippen LogP contribution is 2.46. The Hall–Kier alpha value is -5.19. The number of fused-ring (bicyclic) bond motifs is 4. The molecule has 0 spiro atoms. The van der Waals surface area contributed by atoms with E-state index in [1.165, 1.54) is 42.1 Å². The maximum Gasteiger partial charge on any atom is 0.164 e. The molecule has 0 amide bonds. The van der Waals surface area contributed by atoms with Crippen molar-refractivity contribution in [1.82, 2.24) is 15.0 Å². The monoisotopic (exact) mass is 541 g/mol. The first-order chi connectivity index (χ1) is 20.3. The van der Waals surface area contributed by atoms with Gasteiger partial charge in [-0.15, -0.1) is 11.3 Å². The third kappa shape index (κ3) is 4.08. The fourth-order valence-corrected chi connectivity index (χ4v) is 6.92. The van der Waals surface area contributed by atoms with Gasteiger partial charge in [0, 0.05) is 42.4 Å². The van der Waals surface area contributed by atoms with Crippen LogP contribution in [0.15, 0.2) is 140 Å². The van der Waals surface area contributed by atoms with Crippen molar-refractivity contribution in [3.63, 3.8) is 0 Å². The Labute approximate surface area is 241 Å². The van der Waals surface area contributed by atoms with Crippen molar-refractivity contribution in [3.05, 3.63) is 140 Å². The molecule has 8 aromatic rings. The van der Waals surface area contributed by atoms with Crippen LogP contribution in [0.3, 0.4) is 0 Å². The summed E-state index contributed by atoms with van der Waals surface area (Å²) in [5.41, 5.74) is 5.44. The highest BCUT2D eigenvalue weighted by molar-refractivity contribution is 7.26. The van der Waals surface area contributed by atoms with E-state index < -0.39 is 0 Å². The molecule has 0 atom stereocenters. The summed E-state index contributed by atoms with van der Waals surface area (Å²) < 4.78 is 2.49. The van der Waals surface area contributed by atoms with Gasteiger partial charge in [-0.05, 0) is 28.5 Å². The van der Waals surface area contributed by atoms with Crippen molar-refractivity contribution in [2.24, 2.45) is 0 Å². The first-order valence-corrected chi connectivity index (χ1v) is 14.4. The maximum absolute atomic E-state index is 5.06. The van der Waals surface area contributed by atoms with Gasteiger partial charge in [0.05, 0.1) is 0 Å². The van der Waals surface area contributed by atoms with Crippen molar-refractivity contribution in [1.29, 1.82) is 0 Å². The van der Waals surface area contributed by atoms with E-state index in [1.807, 2.05) is 72.0 Å². The fraction of sp³-hybridized carbons (Fsp3) is 0. The summed E-state index contributed by atoms with van der Waals surface area (Å²) in [5.74, 6) is 2.01. The number of thiophene rings is 1. The van der Waals surface area contributed by atoms with Gasteiger partial charge in [0.25, 0.3) is 0 Å². The molecule has 6 aromatic carbocycles. The van der Waals surface area contributed by atoms with Crippen LogP contribution < -0.4 is 0 Å². The van der Waals surface area contributed by atoms with Gasteiger partial charge in [-0.25, -0.2) is 15.0 Å². The summed E-state index contributed by atoms with van der Waals surface area (Å²) in [6, 6.07) is 48.5. The lowest BCUT2D eigenvalue weighted by molar-refractivity contribution is 1.08. The van der Waals surface area contributed by atoms with Gasteiger partial charge < -0.3 is 0 Å². The Morgan fingerprint density at radius 1 is 0.439 bits per heavy atom. The third-order valence-electron chi connectivity index (χ3n) is 7.51. The molecule has 0 aliphatic rings. The van der Waals surface area contributed by atoms with Crippen LogP contribution in [-0.4, -0.2) is 15.0 Å². The molecule has 0 bridgehead atoms. The zero-order valence-electron chi connectivity index (χ0n) is 22.0. The lowest BCUT2D eigenvalue weighted by atomic mass is 9.94. The Morgan fingerprint density at radius 3 is 1.66 bits per heavy atom. The van der Waals surface area contributed by atoms with E-state index in [1.54, 1.807) is 0 Å². The summed E-state index contributed by atoms with van der Waals surface area (Å²) in [4.78, 5) is 15.0. The van der Waals surface area contributed by atoms with Gasteiger partial charge in [-0.2, -0.15) is 0 Å². The van der Waals surface area contributed by atoms with E-state index in [9.17, 15) is 0 Å². The smallest absolute Gasteiger partial charge is 0.164 e. The number of aromatic nitrogens is 3. The average Bonchev–Trinajstić information content (AvgIpc) is 3.43. The van der Waals surface area contributed by atoms with E-state index in [4.69, 9.17) is 15.0 Å². The molecule has 0 saturated heterocycles. The summed E-state index contributed by atoms with van der Waals surface area (Å²) in [6.45, 7) is 0. The quantitative estimate of drug-likeness (QED) is 0.222. The van der Waals surface area contributed by atoms with Crippen molar-refractivity contribution < 1.29 is 0 Å². The molecule has 0 aliphatic heterocycles. The molecule has 0 unspecified atom stereocenters. The van der Waals surface area contributed by atoms with E-state index in [0.717, 1.165) is 16.7 Å². The largest absolute Gasteiger partial charge is 0.208 e. The van der Waals surface area contributed by atoms with Gasteiger partial charge in [-0.1, -0.05) is 127 Å². The fourth-order valence-electron chi connectivity index (χ4n) is 5.63. The molecular formula is C37H23N3S. The second kappa shape index (κ2) is 9.77. The third-order valence-corrected chi connectivity index (χ3v) is 8.70. The predicted molar refractivity (Wildman–Crippen MR) is 172 cm³/mol. The van der Waals surface area contributed by atoms with Crippen LogP contribution in [0.2, 0.25) is 0 Å². The minimum atomic E-state index is 0.668. The topological polar surface area (TPSA) is 38.7 Å². The van der Waals surface area contributed by atoms with Crippen LogP contribution >= 0.6 is 11.3 Å². The summed E-state index contributed by atoms with van der Waals surface area (Å²) in [7, 11) is 0. The molecule has 2 heterocycles. The summed E-state index contributed by atoms with van der Waals surface area (Å²) >= 11 is 1.84. The molecular weight excluding hydrogens is 518 g/mol. The second-order valence-electron chi connectivity index (χ2n) is 10.0. The molecule has 8 rings (SSSR count). The molecule has 0 radical (unpaired) electrons. The first-order valence-electron chi connectivity index (χ1n) is 13.6. The molecule has 0 saturated carbocycles. The van der Waals surface area contributed by atoms with Crippen LogP contribution in [0.1, 0.15) is 0 Å². The second-order valence-corrected chi connectivity index (χ2v) is 11.1. The van der Waals surface area contributed by atoms with E-state index >= 15 is 0 Å². The molecule has 0 N–H and O–H groups in total. The van der Waals surface area contributed by atoms with Crippen LogP contribution in [0.5, 0.6) is 0 Å². The predicted octanol–water partition coefficient (Wildman–Crippen LogP) is 10.1. The van der Waals surface area contributed by atoms with Crippen LogP contribution in [0.25, 0.3) is 76.2 Å². The van der Waals surface area contributed by atoms with Gasteiger partial charge in [0.15, 0.2) is 17.5 Å². The molecule has 41 heavy (non-hydrogen) atoms. The van der Waals surface area contributed by atoms with Crippen molar-refractivity contribution >= 4 is 42.3 Å². The lowest BCUT2D eigenvalue weighted by Crippen LogP contribution is -2.00. The summed E-state index contributed by atoms with van der Waals surface area (Å²) in [6.07, 6.45) is 0. The van der Waals surface area contributed by atoms with Gasteiger partial charge in [-0.3, -0.25) is 0 Å². The van der Waals surface area contributed by atoms with Crippen molar-refractivity contribution in [2.75, 3.05) is 0 Å². The number of rotatable bonds is 4. The number of nitrogens with zero attached hydrogens (tertiary/aromatic N) is 3. The lowest BCUT2D eigenvalue weighted by Gasteiger charge is -2.11. The zero-order valence-corrected chi connectivity index (χ0v) is 22.8. The van der Waals surface area contributed by atoms with Gasteiger partial charge in [0.2, 0.25) is 0 Å². The van der Waals surface area contributed by atoms with Crippen LogP contribution in [0.4, 0.5) is 0 Å². The minimum absolute atomic E-state index is 0.668. The molecule has 3 nitrogen and oxygen atoms in total. The van der Waals surface area contributed by atoms with Crippen LogP contribution in [0, 0.1) is 0 Å². The van der Waals surface area contributed by atoms with E-state index in [-0.39, 0.29) is 0 Å². The number of hydrogen-bond acceptors (Lipinski definition) is 4. The average molecular weight is 542 g/mol. The van der Waals surface area contributed by atoms with Gasteiger partial charge in [0.1, 0.15) is 0 Å². The van der Waals surface area contributed by atoms with Crippen LogP contribution in [-0.2, 0) is 0 Å². The van der Waals surface area contributed by atoms with E-state index in [0.29, 0.717) is 17.5 Å². The number of benzene rings is 6. The molecule has 0 aliphatic carbocycles. The highest BCUT2D eigenvalue weighted by atomic mass is 32.1. The SMILES string of the molecule is c1ccc(-c2nc(-c3ccccc3)nc(-c3cccc4sc5c(-c6ccccc6)c6ccccc6cc5c34)n2)cc1. The number of hydrogen-bond donors (Lipinski definition) is 0. The maximum atomic E-state index is 5.06. The molecule has 2 aromatic heterocycles. The minimum Gasteiger partial charge on any atom is -0.208 e. The van der Waals surface area contributed by atoms with E-state index in [2.05, 4.69) is 78.9 Å². The van der Waals surface area contributed by atoms with Crippen molar-refractivity contribution in [3.8, 4) is 45.3 Å². The zero-order chi connectivity index (χ0) is 27.2. The summed E-state index contributed by atoms with van der Waals surface area (Å²) in [5, 5.41) is 4.89. The normalized spacial score (nSPS) is 11.4. The Morgan fingerprint density at radius 2 is 1.00 bits per heavy atom. The first kappa shape index (κ1) is 23.7. The standard InChI is InChI=1S/C37H23N3S/c1-4-13-24(14-5-1)32-28-20-11-10-19-27(28)23-30-33-29(21-12-22-31(33)41-34(30)32)37-39-35(25-15-6-2-7-16-25)38-36(40-37)26-17-8-3-9-18-26/h1-23H. The molecule has 0 fully saturated rings. The Bertz CT molecular complexity index is 2130. The Balaban J connectivity index is 1.45.